The van der Waals surface area contributed by atoms with Crippen LogP contribution < -0.4 is 16.6 Å². The number of anilines is 2. The van der Waals surface area contributed by atoms with Gasteiger partial charge in [0, 0.05) is 17.8 Å². The van der Waals surface area contributed by atoms with Crippen LogP contribution in [0.2, 0.25) is 0 Å². The van der Waals surface area contributed by atoms with E-state index in [1.165, 1.54) is 25.7 Å². The number of hydrogen-bond acceptors (Lipinski definition) is 5. The smallest absolute Gasteiger partial charge is 0.239 e. The second-order valence-electron chi connectivity index (χ2n) is 4.88. The molecule has 1 aromatic heterocycles. The van der Waals surface area contributed by atoms with Gasteiger partial charge < -0.3 is 5.32 Å². The first-order chi connectivity index (χ1) is 8.20. The molecule has 4 N–H and O–H groups in total. The van der Waals surface area contributed by atoms with Gasteiger partial charge >= 0.3 is 0 Å². The number of nitrogen functional groups attached to an aromatic ring is 1. The van der Waals surface area contributed by atoms with Gasteiger partial charge in [0.2, 0.25) is 5.95 Å². The van der Waals surface area contributed by atoms with E-state index in [-0.39, 0.29) is 0 Å². The van der Waals surface area contributed by atoms with Crippen LogP contribution in [0, 0.1) is 12.8 Å². The molecule has 0 radical (unpaired) electrons. The topological polar surface area (TPSA) is 75.9 Å². The zero-order chi connectivity index (χ0) is 12.3. The number of aryl methyl sites for hydroxylation is 1. The van der Waals surface area contributed by atoms with Gasteiger partial charge in [0.05, 0.1) is 0 Å². The lowest BCUT2D eigenvalue weighted by Gasteiger charge is -2.30. The average Bonchev–Trinajstić information content (AvgIpc) is 2.35. The van der Waals surface area contributed by atoms with E-state index in [1.807, 2.05) is 6.92 Å². The standard InChI is InChI=1S/C12H21N5/c1-8-5-3-4-6-10(8)15-11-9(2)7-14-12(16-11)17-13/h7-8,10H,3-6,13H2,1-2H3,(H2,14,15,16,17). The lowest BCUT2D eigenvalue weighted by molar-refractivity contribution is 0.349. The van der Waals surface area contributed by atoms with Crippen molar-refractivity contribution in [3.05, 3.63) is 11.8 Å². The van der Waals surface area contributed by atoms with Crippen LogP contribution in [-0.4, -0.2) is 16.0 Å². The van der Waals surface area contributed by atoms with E-state index in [0.29, 0.717) is 17.9 Å². The number of nitrogens with zero attached hydrogens (tertiary/aromatic N) is 2. The van der Waals surface area contributed by atoms with Crippen LogP contribution >= 0.6 is 0 Å². The van der Waals surface area contributed by atoms with Crippen molar-refractivity contribution in [3.8, 4) is 0 Å². The number of nitrogens with one attached hydrogen (secondary N) is 2. The summed E-state index contributed by atoms with van der Waals surface area (Å²) in [6.45, 7) is 4.31. The zero-order valence-electron chi connectivity index (χ0n) is 10.5. The minimum atomic E-state index is 0.460. The Morgan fingerprint density at radius 2 is 2.12 bits per heavy atom. The van der Waals surface area contributed by atoms with Gasteiger partial charge in [-0.15, -0.1) is 0 Å². The summed E-state index contributed by atoms with van der Waals surface area (Å²) in [4.78, 5) is 8.44. The van der Waals surface area contributed by atoms with E-state index in [1.54, 1.807) is 6.20 Å². The van der Waals surface area contributed by atoms with Crippen LogP contribution in [-0.2, 0) is 0 Å². The Bertz CT molecular complexity index is 379. The third-order valence-corrected chi connectivity index (χ3v) is 3.53. The molecular weight excluding hydrogens is 214 g/mol. The van der Waals surface area contributed by atoms with Crippen LogP contribution in [0.1, 0.15) is 38.2 Å². The molecule has 0 spiro atoms. The number of hydrazine groups is 1. The molecule has 1 aliphatic carbocycles. The molecule has 0 aromatic carbocycles. The lowest BCUT2D eigenvalue weighted by Crippen LogP contribution is -2.31. The van der Waals surface area contributed by atoms with E-state index in [2.05, 4.69) is 27.6 Å². The third-order valence-electron chi connectivity index (χ3n) is 3.53. The molecular formula is C12H21N5. The van der Waals surface area contributed by atoms with Gasteiger partial charge in [0.25, 0.3) is 0 Å². The van der Waals surface area contributed by atoms with Crippen LogP contribution in [0.5, 0.6) is 0 Å². The Labute approximate surface area is 102 Å². The van der Waals surface area contributed by atoms with Gasteiger partial charge in [0.15, 0.2) is 0 Å². The second-order valence-corrected chi connectivity index (χ2v) is 4.88. The fourth-order valence-corrected chi connectivity index (χ4v) is 2.36. The predicted molar refractivity (Wildman–Crippen MR) is 69.6 cm³/mol. The number of rotatable bonds is 3. The fraction of sp³-hybridized carbons (Fsp3) is 0.667. The average molecular weight is 235 g/mol. The molecule has 5 nitrogen and oxygen atoms in total. The molecule has 1 aromatic rings. The van der Waals surface area contributed by atoms with E-state index >= 15 is 0 Å². The normalized spacial score (nSPS) is 24.4. The van der Waals surface area contributed by atoms with Crippen molar-refractivity contribution in [2.24, 2.45) is 11.8 Å². The van der Waals surface area contributed by atoms with Crippen LogP contribution in [0.25, 0.3) is 0 Å². The maximum absolute atomic E-state index is 5.33. The summed E-state index contributed by atoms with van der Waals surface area (Å²) in [6.07, 6.45) is 6.95. The molecule has 1 fully saturated rings. The van der Waals surface area contributed by atoms with Crippen molar-refractivity contribution in [1.29, 1.82) is 0 Å². The molecule has 0 amide bonds. The molecule has 0 bridgehead atoms. The van der Waals surface area contributed by atoms with Crippen molar-refractivity contribution >= 4 is 11.8 Å². The summed E-state index contributed by atoms with van der Waals surface area (Å²) >= 11 is 0. The maximum Gasteiger partial charge on any atom is 0.239 e. The summed E-state index contributed by atoms with van der Waals surface area (Å²) in [5.74, 6) is 7.38. The predicted octanol–water partition coefficient (Wildman–Crippen LogP) is 2.06. The summed E-state index contributed by atoms with van der Waals surface area (Å²) in [6, 6.07) is 0.517. The van der Waals surface area contributed by atoms with Crippen LogP contribution in [0.3, 0.4) is 0 Å². The van der Waals surface area contributed by atoms with E-state index in [4.69, 9.17) is 5.84 Å². The third kappa shape index (κ3) is 2.85. The highest BCUT2D eigenvalue weighted by atomic mass is 15.3. The van der Waals surface area contributed by atoms with E-state index in [9.17, 15) is 0 Å². The van der Waals surface area contributed by atoms with Gasteiger partial charge in [-0.05, 0) is 25.7 Å². The van der Waals surface area contributed by atoms with Crippen molar-refractivity contribution < 1.29 is 0 Å². The number of hydrogen-bond donors (Lipinski definition) is 3. The monoisotopic (exact) mass is 235 g/mol. The zero-order valence-corrected chi connectivity index (χ0v) is 10.5. The van der Waals surface area contributed by atoms with Crippen LogP contribution in [0.4, 0.5) is 11.8 Å². The molecule has 0 aliphatic heterocycles. The number of nitrogens with two attached hydrogens (primary N) is 1. The van der Waals surface area contributed by atoms with Crippen LogP contribution in [0.15, 0.2) is 6.20 Å². The molecule has 1 aliphatic rings. The van der Waals surface area contributed by atoms with Gasteiger partial charge in [-0.1, -0.05) is 19.8 Å². The first kappa shape index (κ1) is 12.1. The second kappa shape index (κ2) is 5.31. The van der Waals surface area contributed by atoms with Gasteiger partial charge in [-0.25, -0.2) is 10.8 Å². The molecule has 0 saturated heterocycles. The Hall–Kier alpha value is -1.36. The summed E-state index contributed by atoms with van der Waals surface area (Å²) < 4.78 is 0. The molecule has 2 rings (SSSR count). The van der Waals surface area contributed by atoms with Crippen molar-refractivity contribution in [1.82, 2.24) is 9.97 Å². The molecule has 1 heterocycles. The van der Waals surface area contributed by atoms with Gasteiger partial charge in [0.1, 0.15) is 5.82 Å². The Morgan fingerprint density at radius 1 is 1.35 bits per heavy atom. The highest BCUT2D eigenvalue weighted by Crippen LogP contribution is 2.27. The summed E-state index contributed by atoms with van der Waals surface area (Å²) in [5.41, 5.74) is 3.54. The SMILES string of the molecule is Cc1cnc(NN)nc1NC1CCCCC1C. The van der Waals surface area contributed by atoms with Crippen molar-refractivity contribution in [3.63, 3.8) is 0 Å². The fourth-order valence-electron chi connectivity index (χ4n) is 2.36. The minimum Gasteiger partial charge on any atom is -0.367 e. The first-order valence-electron chi connectivity index (χ1n) is 6.27. The highest BCUT2D eigenvalue weighted by molar-refractivity contribution is 5.46. The molecule has 2 atom stereocenters. The minimum absolute atomic E-state index is 0.460. The largest absolute Gasteiger partial charge is 0.367 e. The lowest BCUT2D eigenvalue weighted by atomic mass is 9.86. The van der Waals surface area contributed by atoms with E-state index in [0.717, 1.165) is 11.4 Å². The summed E-state index contributed by atoms with van der Waals surface area (Å²) in [5, 5.41) is 3.53. The first-order valence-corrected chi connectivity index (χ1v) is 6.27. The molecule has 2 unspecified atom stereocenters. The van der Waals surface area contributed by atoms with Gasteiger partial charge in [-0.3, -0.25) is 5.43 Å². The Morgan fingerprint density at radius 3 is 2.82 bits per heavy atom. The van der Waals surface area contributed by atoms with Crippen molar-refractivity contribution in [2.75, 3.05) is 10.7 Å². The quantitative estimate of drug-likeness (QED) is 0.552. The number of aromatic nitrogens is 2. The van der Waals surface area contributed by atoms with Gasteiger partial charge in [-0.2, -0.15) is 4.98 Å². The molecule has 1 saturated carbocycles. The molecule has 17 heavy (non-hydrogen) atoms. The Balaban J connectivity index is 2.11. The summed E-state index contributed by atoms with van der Waals surface area (Å²) in [7, 11) is 0. The molecule has 94 valence electrons. The van der Waals surface area contributed by atoms with E-state index < -0.39 is 0 Å². The maximum atomic E-state index is 5.33. The molecule has 5 heteroatoms. The van der Waals surface area contributed by atoms with Crippen molar-refractivity contribution in [2.45, 2.75) is 45.6 Å². The highest BCUT2D eigenvalue weighted by Gasteiger charge is 2.21. The Kier molecular flexibility index (Phi) is 3.78.